The van der Waals surface area contributed by atoms with Crippen LogP contribution in [0.1, 0.15) is 154 Å². The topological polar surface area (TPSA) is 104 Å². The van der Waals surface area contributed by atoms with Crippen molar-refractivity contribution >= 4 is 17.9 Å². The van der Waals surface area contributed by atoms with E-state index in [0.717, 1.165) is 96.4 Å². The maximum Gasteiger partial charge on any atom is 0.306 e. The van der Waals surface area contributed by atoms with Crippen LogP contribution in [0.2, 0.25) is 0 Å². The minimum atomic E-state index is -0.718. The zero-order chi connectivity index (χ0) is 29.7. The molecule has 0 spiro atoms. The average molecular weight is 568 g/mol. The van der Waals surface area contributed by atoms with Gasteiger partial charge in [-0.15, -0.1) is 0 Å². The van der Waals surface area contributed by atoms with Gasteiger partial charge in [-0.05, 0) is 91.3 Å². The smallest absolute Gasteiger partial charge is 0.306 e. The van der Waals surface area contributed by atoms with E-state index in [1.165, 1.54) is 44.9 Å². The first-order valence-corrected chi connectivity index (χ1v) is 16.2. The molecule has 234 valence electrons. The highest BCUT2D eigenvalue weighted by atomic mass is 16.5. The standard InChI is InChI=1S/C33H61NO6/c1-34(2)29-23-28-33(39)40-30(25-20-16-14-18-22-27-32(37)38)24-19-15-12-10-8-6-4-3-5-7-9-11-13-17-21-26-31(35)36/h3,5,30H,4,6-29H2,1-2H3,(H,35,36)(H,37,38). The van der Waals surface area contributed by atoms with Gasteiger partial charge in [-0.25, -0.2) is 0 Å². The molecule has 0 aliphatic rings. The fraction of sp³-hybridized carbons (Fsp3) is 0.848. The monoisotopic (exact) mass is 567 g/mol. The Balaban J connectivity index is 3.90. The molecule has 0 aromatic heterocycles. The first-order valence-electron chi connectivity index (χ1n) is 16.2. The summed E-state index contributed by atoms with van der Waals surface area (Å²) in [7, 11) is 4.03. The van der Waals surface area contributed by atoms with Gasteiger partial charge in [0.25, 0.3) is 0 Å². The van der Waals surface area contributed by atoms with Crippen LogP contribution in [0.5, 0.6) is 0 Å². The Kier molecular flexibility index (Phi) is 27.3. The van der Waals surface area contributed by atoms with Crippen molar-refractivity contribution in [3.8, 4) is 0 Å². The zero-order valence-corrected chi connectivity index (χ0v) is 25.9. The fourth-order valence-electron chi connectivity index (χ4n) is 4.87. The number of ether oxygens (including phenoxy) is 1. The van der Waals surface area contributed by atoms with Gasteiger partial charge in [0.05, 0.1) is 0 Å². The van der Waals surface area contributed by atoms with Crippen molar-refractivity contribution in [3.05, 3.63) is 12.2 Å². The average Bonchev–Trinajstić information content (AvgIpc) is 2.89. The van der Waals surface area contributed by atoms with Crippen LogP contribution in [0.25, 0.3) is 0 Å². The Hall–Kier alpha value is -1.89. The lowest BCUT2D eigenvalue weighted by atomic mass is 10.0. The molecule has 0 heterocycles. The number of carbonyl (C=O) groups excluding carboxylic acids is 1. The first-order chi connectivity index (χ1) is 19.3. The summed E-state index contributed by atoms with van der Waals surface area (Å²) in [5.74, 6) is -1.48. The molecule has 1 atom stereocenters. The van der Waals surface area contributed by atoms with E-state index in [9.17, 15) is 14.4 Å². The van der Waals surface area contributed by atoms with E-state index in [1.807, 2.05) is 14.1 Å². The summed E-state index contributed by atoms with van der Waals surface area (Å²) in [5.41, 5.74) is 0. The normalized spacial score (nSPS) is 12.3. The van der Waals surface area contributed by atoms with Crippen LogP contribution in [0.15, 0.2) is 12.2 Å². The quantitative estimate of drug-likeness (QED) is 0.0509. The van der Waals surface area contributed by atoms with Gasteiger partial charge in [0.1, 0.15) is 6.10 Å². The lowest BCUT2D eigenvalue weighted by Crippen LogP contribution is -2.20. The number of hydrogen-bond donors (Lipinski definition) is 2. The van der Waals surface area contributed by atoms with Gasteiger partial charge in [0.2, 0.25) is 0 Å². The SMILES string of the molecule is CN(C)CCCC(=O)OC(CCCCCCCCC=CCCCCCCCC(=O)O)CCCCCCCC(=O)O. The summed E-state index contributed by atoms with van der Waals surface area (Å²) in [5, 5.41) is 17.4. The minimum absolute atomic E-state index is 0.0146. The van der Waals surface area contributed by atoms with Crippen LogP contribution in [-0.2, 0) is 19.1 Å². The maximum absolute atomic E-state index is 12.3. The molecule has 2 N–H and O–H groups in total. The number of hydrogen-bond acceptors (Lipinski definition) is 5. The summed E-state index contributed by atoms with van der Waals surface area (Å²) in [6.07, 6.45) is 28.1. The minimum Gasteiger partial charge on any atom is -0.481 e. The summed E-state index contributed by atoms with van der Waals surface area (Å²) in [6, 6.07) is 0. The molecule has 1 unspecified atom stereocenters. The van der Waals surface area contributed by atoms with E-state index in [0.29, 0.717) is 12.8 Å². The van der Waals surface area contributed by atoms with Gasteiger partial charge >= 0.3 is 17.9 Å². The van der Waals surface area contributed by atoms with Gasteiger partial charge in [-0.3, -0.25) is 14.4 Å². The number of nitrogens with zero attached hydrogens (tertiary/aromatic N) is 1. The number of carboxylic acid groups (broad SMARTS) is 2. The Morgan fingerprint density at radius 2 is 0.975 bits per heavy atom. The first kappa shape index (κ1) is 38.1. The molecule has 7 heteroatoms. The van der Waals surface area contributed by atoms with Crippen molar-refractivity contribution in [2.75, 3.05) is 20.6 Å². The number of carboxylic acids is 2. The third-order valence-electron chi connectivity index (χ3n) is 7.28. The number of rotatable bonds is 30. The molecule has 0 saturated carbocycles. The summed E-state index contributed by atoms with van der Waals surface area (Å²) < 4.78 is 5.86. The van der Waals surface area contributed by atoms with Crippen molar-refractivity contribution in [2.24, 2.45) is 0 Å². The molecule has 0 amide bonds. The molecule has 0 bridgehead atoms. The summed E-state index contributed by atoms with van der Waals surface area (Å²) in [4.78, 5) is 35.5. The second-order valence-electron chi connectivity index (χ2n) is 11.6. The predicted octanol–water partition coefficient (Wildman–Crippen LogP) is 8.55. The highest BCUT2D eigenvalue weighted by Gasteiger charge is 2.14. The molecule has 7 nitrogen and oxygen atoms in total. The van der Waals surface area contributed by atoms with Crippen LogP contribution in [0.3, 0.4) is 0 Å². The largest absolute Gasteiger partial charge is 0.481 e. The van der Waals surface area contributed by atoms with Crippen LogP contribution in [-0.4, -0.2) is 59.8 Å². The van der Waals surface area contributed by atoms with Crippen LogP contribution < -0.4 is 0 Å². The fourth-order valence-corrected chi connectivity index (χ4v) is 4.87. The van der Waals surface area contributed by atoms with Crippen molar-refractivity contribution in [3.63, 3.8) is 0 Å². The molecule has 0 fully saturated rings. The molecule has 0 aliphatic heterocycles. The van der Waals surface area contributed by atoms with E-state index in [-0.39, 0.29) is 18.5 Å². The van der Waals surface area contributed by atoms with E-state index >= 15 is 0 Å². The van der Waals surface area contributed by atoms with Gasteiger partial charge < -0.3 is 19.8 Å². The highest BCUT2D eigenvalue weighted by molar-refractivity contribution is 5.69. The molecular formula is C33H61NO6. The number of unbranched alkanes of at least 4 members (excludes halogenated alkanes) is 15. The highest BCUT2D eigenvalue weighted by Crippen LogP contribution is 2.18. The molecule has 0 rings (SSSR count). The van der Waals surface area contributed by atoms with E-state index in [2.05, 4.69) is 17.1 Å². The van der Waals surface area contributed by atoms with Crippen molar-refractivity contribution in [1.82, 2.24) is 4.90 Å². The third-order valence-corrected chi connectivity index (χ3v) is 7.28. The van der Waals surface area contributed by atoms with Gasteiger partial charge in [-0.2, -0.15) is 0 Å². The van der Waals surface area contributed by atoms with Crippen molar-refractivity contribution < 1.29 is 29.3 Å². The molecular weight excluding hydrogens is 506 g/mol. The lowest BCUT2D eigenvalue weighted by Gasteiger charge is -2.18. The summed E-state index contributed by atoms with van der Waals surface area (Å²) in [6.45, 7) is 0.892. The van der Waals surface area contributed by atoms with E-state index in [1.54, 1.807) is 0 Å². The number of aliphatic carboxylic acids is 2. The van der Waals surface area contributed by atoms with Gasteiger partial charge in [0.15, 0.2) is 0 Å². The summed E-state index contributed by atoms with van der Waals surface area (Å²) >= 11 is 0. The predicted molar refractivity (Wildman–Crippen MR) is 164 cm³/mol. The molecule has 0 aromatic carbocycles. The number of allylic oxidation sites excluding steroid dienone is 2. The lowest BCUT2D eigenvalue weighted by molar-refractivity contribution is -0.150. The Morgan fingerprint density at radius 3 is 1.40 bits per heavy atom. The zero-order valence-electron chi connectivity index (χ0n) is 25.9. The Morgan fingerprint density at radius 1 is 0.575 bits per heavy atom. The molecule has 0 aliphatic carbocycles. The number of esters is 1. The molecule has 0 radical (unpaired) electrons. The van der Waals surface area contributed by atoms with Crippen LogP contribution in [0.4, 0.5) is 0 Å². The maximum atomic E-state index is 12.3. The second-order valence-corrected chi connectivity index (χ2v) is 11.6. The molecule has 0 saturated heterocycles. The molecule has 40 heavy (non-hydrogen) atoms. The van der Waals surface area contributed by atoms with Crippen molar-refractivity contribution in [1.29, 1.82) is 0 Å². The second kappa shape index (κ2) is 28.6. The van der Waals surface area contributed by atoms with Crippen LogP contribution >= 0.6 is 0 Å². The Bertz CT molecular complexity index is 649. The molecule has 0 aromatic rings. The third kappa shape index (κ3) is 30.6. The van der Waals surface area contributed by atoms with Crippen LogP contribution in [0, 0.1) is 0 Å². The van der Waals surface area contributed by atoms with Crippen molar-refractivity contribution in [2.45, 2.75) is 160 Å². The van der Waals surface area contributed by atoms with Gasteiger partial charge in [-0.1, -0.05) is 76.4 Å². The van der Waals surface area contributed by atoms with Gasteiger partial charge in [0, 0.05) is 19.3 Å². The number of carbonyl (C=O) groups is 3. The Labute approximate surface area is 245 Å². The van der Waals surface area contributed by atoms with E-state index in [4.69, 9.17) is 14.9 Å². The van der Waals surface area contributed by atoms with E-state index < -0.39 is 11.9 Å².